The van der Waals surface area contributed by atoms with Crippen molar-refractivity contribution in [3.8, 4) is 11.5 Å². The summed E-state index contributed by atoms with van der Waals surface area (Å²) in [4.78, 5) is 0. The zero-order valence-electron chi connectivity index (χ0n) is 22.7. The van der Waals surface area contributed by atoms with Crippen LogP contribution in [0.2, 0.25) is 24.7 Å². The molecule has 0 aliphatic rings. The predicted octanol–water partition coefficient (Wildman–Crippen LogP) is 5.25. The van der Waals surface area contributed by atoms with Crippen molar-refractivity contribution in [3.63, 3.8) is 0 Å². The molecule has 0 fully saturated rings. The second-order valence-corrected chi connectivity index (χ2v) is 23.3. The largest absolute Gasteiger partial charge is 0.598 e. The average Bonchev–Trinajstić information content (AvgIpc) is 2.72. The van der Waals surface area contributed by atoms with Gasteiger partial charge in [-0.3, -0.25) is 0 Å². The molecule has 1 N–H and O–H groups in total. The summed E-state index contributed by atoms with van der Waals surface area (Å²) in [5, 5.41) is 2.32. The van der Waals surface area contributed by atoms with Crippen molar-refractivity contribution in [2.24, 2.45) is 0 Å². The van der Waals surface area contributed by atoms with Crippen LogP contribution in [0.1, 0.15) is 48.5 Å². The SMILES string of the molecule is CC(C#C[Si](C)(C)C)(CO[Si](c1ccccc1)(c1ccccc1)C(C)(C)C)N[S@+]([O-])C(C)(C)C. The van der Waals surface area contributed by atoms with Crippen LogP contribution in [0.4, 0.5) is 0 Å². The molecule has 186 valence electrons. The Hall–Kier alpha value is -1.34. The number of rotatable bonds is 7. The molecule has 0 saturated carbocycles. The van der Waals surface area contributed by atoms with E-state index in [1.54, 1.807) is 0 Å². The molecule has 2 aromatic rings. The molecule has 34 heavy (non-hydrogen) atoms. The number of nitrogens with one attached hydrogen (secondary N) is 1. The maximum atomic E-state index is 13.2. The van der Waals surface area contributed by atoms with Crippen LogP contribution in [-0.4, -0.2) is 37.8 Å². The zero-order chi connectivity index (χ0) is 25.8. The van der Waals surface area contributed by atoms with Crippen molar-refractivity contribution < 1.29 is 8.98 Å². The molecule has 0 aromatic heterocycles. The van der Waals surface area contributed by atoms with Crippen LogP contribution in [0.3, 0.4) is 0 Å². The third-order valence-corrected chi connectivity index (χ3v) is 13.2. The molecule has 0 radical (unpaired) electrons. The van der Waals surface area contributed by atoms with E-state index < -0.39 is 38.0 Å². The van der Waals surface area contributed by atoms with Gasteiger partial charge in [-0.25, -0.2) is 0 Å². The van der Waals surface area contributed by atoms with E-state index in [0.717, 1.165) is 0 Å². The first-order chi connectivity index (χ1) is 15.5. The third-order valence-electron chi connectivity index (χ3n) is 5.58. The molecule has 3 nitrogen and oxygen atoms in total. The Morgan fingerprint density at radius 3 is 1.62 bits per heavy atom. The zero-order valence-corrected chi connectivity index (χ0v) is 25.5. The van der Waals surface area contributed by atoms with E-state index in [-0.39, 0.29) is 5.04 Å². The normalized spacial score (nSPS) is 15.7. The van der Waals surface area contributed by atoms with Crippen molar-refractivity contribution in [3.05, 3.63) is 60.7 Å². The molecular formula is C28H43NO2SSi2. The van der Waals surface area contributed by atoms with Crippen molar-refractivity contribution in [1.29, 1.82) is 0 Å². The van der Waals surface area contributed by atoms with Gasteiger partial charge < -0.3 is 8.98 Å². The lowest BCUT2D eigenvalue weighted by Gasteiger charge is -2.44. The minimum atomic E-state index is -2.73. The highest BCUT2D eigenvalue weighted by atomic mass is 32.2. The van der Waals surface area contributed by atoms with Gasteiger partial charge in [-0.1, -0.05) is 107 Å². The Morgan fingerprint density at radius 1 is 0.824 bits per heavy atom. The molecule has 0 aliphatic carbocycles. The van der Waals surface area contributed by atoms with E-state index in [0.29, 0.717) is 6.61 Å². The van der Waals surface area contributed by atoms with Gasteiger partial charge in [0.05, 0.1) is 6.61 Å². The minimum absolute atomic E-state index is 0.133. The maximum absolute atomic E-state index is 13.2. The Labute approximate surface area is 213 Å². The molecule has 2 atom stereocenters. The first-order valence-corrected chi connectivity index (χ1v) is 18.6. The molecule has 0 spiro atoms. The van der Waals surface area contributed by atoms with E-state index in [1.807, 2.05) is 39.8 Å². The third kappa shape index (κ3) is 7.33. The Bertz CT molecular complexity index is 943. The second kappa shape index (κ2) is 10.7. The lowest BCUT2D eigenvalue weighted by molar-refractivity contribution is 0.239. The first kappa shape index (κ1) is 28.9. The molecule has 0 aliphatic heterocycles. The van der Waals surface area contributed by atoms with Crippen LogP contribution in [0.15, 0.2) is 60.7 Å². The Morgan fingerprint density at radius 2 is 1.26 bits per heavy atom. The van der Waals surface area contributed by atoms with Gasteiger partial charge in [0.1, 0.15) is 18.4 Å². The molecule has 0 heterocycles. The van der Waals surface area contributed by atoms with Crippen LogP contribution < -0.4 is 15.1 Å². The lowest BCUT2D eigenvalue weighted by atomic mass is 10.1. The van der Waals surface area contributed by atoms with Crippen molar-refractivity contribution in [2.45, 2.75) is 83.4 Å². The van der Waals surface area contributed by atoms with Crippen LogP contribution in [0, 0.1) is 11.5 Å². The van der Waals surface area contributed by atoms with Gasteiger partial charge >= 0.3 is 0 Å². The van der Waals surface area contributed by atoms with Gasteiger partial charge in [-0.15, -0.1) is 10.3 Å². The quantitative estimate of drug-likeness (QED) is 0.312. The van der Waals surface area contributed by atoms with Gasteiger partial charge in [0.25, 0.3) is 8.32 Å². The fourth-order valence-electron chi connectivity index (χ4n) is 3.79. The average molecular weight is 514 g/mol. The topological polar surface area (TPSA) is 44.3 Å². The molecule has 1 unspecified atom stereocenters. The fraction of sp³-hybridized carbons (Fsp3) is 0.500. The van der Waals surface area contributed by atoms with E-state index in [4.69, 9.17) is 4.43 Å². The standard InChI is InChI=1S/C28H43NO2SSi2/c1-26(2,3)32(30)29-28(7,21-22-33(8,9)10)23-31-34(27(4,5)6,24-17-13-11-14-18-24)25-19-15-12-16-20-25/h11-20,29H,23H2,1-10H3/t28?,32-/m1/s1. The summed E-state index contributed by atoms with van der Waals surface area (Å²) in [5.41, 5.74) is 2.76. The van der Waals surface area contributed by atoms with Crippen LogP contribution in [0.5, 0.6) is 0 Å². The van der Waals surface area contributed by atoms with Crippen LogP contribution in [-0.2, 0) is 15.8 Å². The van der Waals surface area contributed by atoms with Gasteiger partial charge in [0.15, 0.2) is 0 Å². The number of hydrogen-bond acceptors (Lipinski definition) is 3. The van der Waals surface area contributed by atoms with Crippen LogP contribution in [0.25, 0.3) is 0 Å². The summed E-state index contributed by atoms with van der Waals surface area (Å²) in [6.07, 6.45) is 0. The van der Waals surface area contributed by atoms with Gasteiger partial charge in [-0.2, -0.15) is 0 Å². The molecule has 2 aromatic carbocycles. The first-order valence-electron chi connectivity index (χ1n) is 12.0. The molecule has 0 saturated heterocycles. The number of benzene rings is 2. The predicted molar refractivity (Wildman–Crippen MR) is 154 cm³/mol. The van der Waals surface area contributed by atoms with Crippen molar-refractivity contribution in [1.82, 2.24) is 4.72 Å². The molecule has 2 rings (SSSR count). The molecule has 0 amide bonds. The van der Waals surface area contributed by atoms with Crippen LogP contribution >= 0.6 is 0 Å². The summed E-state index contributed by atoms with van der Waals surface area (Å²) in [6, 6.07) is 21.2. The van der Waals surface area contributed by atoms with Gasteiger partial charge in [0, 0.05) is 11.4 Å². The van der Waals surface area contributed by atoms with Gasteiger partial charge in [-0.05, 0) is 43.1 Å². The summed E-state index contributed by atoms with van der Waals surface area (Å²) in [7, 11) is -4.37. The maximum Gasteiger partial charge on any atom is 0.261 e. The highest BCUT2D eigenvalue weighted by Gasteiger charge is 2.51. The van der Waals surface area contributed by atoms with Crippen molar-refractivity contribution >= 4 is 38.1 Å². The summed E-state index contributed by atoms with van der Waals surface area (Å²) < 4.78 is 23.3. The minimum Gasteiger partial charge on any atom is -0.598 e. The van der Waals surface area contributed by atoms with E-state index in [1.165, 1.54) is 10.4 Å². The lowest BCUT2D eigenvalue weighted by Crippen LogP contribution is -2.68. The monoisotopic (exact) mass is 513 g/mol. The summed E-state index contributed by atoms with van der Waals surface area (Å²) >= 11 is -1.28. The highest BCUT2D eigenvalue weighted by Crippen LogP contribution is 2.37. The van der Waals surface area contributed by atoms with Gasteiger partial charge in [0.2, 0.25) is 0 Å². The second-order valence-electron chi connectivity index (χ2n) is 12.3. The fourth-order valence-corrected chi connectivity index (χ4v) is 9.93. The molecule has 0 bridgehead atoms. The highest BCUT2D eigenvalue weighted by molar-refractivity contribution is 7.90. The Balaban J connectivity index is 2.62. The smallest absolute Gasteiger partial charge is 0.261 e. The van der Waals surface area contributed by atoms with E-state index in [9.17, 15) is 4.55 Å². The summed E-state index contributed by atoms with van der Waals surface area (Å²) in [5.74, 6) is 3.47. The summed E-state index contributed by atoms with van der Waals surface area (Å²) in [6.45, 7) is 21.8. The van der Waals surface area contributed by atoms with E-state index in [2.05, 4.69) is 105 Å². The van der Waals surface area contributed by atoms with Crippen molar-refractivity contribution in [2.75, 3.05) is 6.61 Å². The molecular weight excluding hydrogens is 471 g/mol. The van der Waals surface area contributed by atoms with E-state index >= 15 is 0 Å². The molecule has 6 heteroatoms. The Kier molecular flexibility index (Phi) is 9.12. The number of hydrogen-bond donors (Lipinski definition) is 1.